The summed E-state index contributed by atoms with van der Waals surface area (Å²) in [5.74, 6) is 1.59. The fourth-order valence-corrected chi connectivity index (χ4v) is 4.25. The maximum Gasteiger partial charge on any atom is 0.274 e. The smallest absolute Gasteiger partial charge is 0.274 e. The van der Waals surface area contributed by atoms with Crippen LogP contribution in [0.15, 0.2) is 41.0 Å². The quantitative estimate of drug-likeness (QED) is 0.594. The second kappa shape index (κ2) is 6.27. The van der Waals surface area contributed by atoms with Crippen LogP contribution < -0.4 is 9.47 Å². The maximum absolute atomic E-state index is 13.1. The molecular formula is C20H18BrN3O3. The number of benzene rings is 1. The lowest BCUT2D eigenvalue weighted by molar-refractivity contribution is 0.0667. The number of hydrogen-bond donors (Lipinski definition) is 0. The zero-order valence-corrected chi connectivity index (χ0v) is 16.4. The maximum atomic E-state index is 13.1. The molecule has 1 amide bonds. The molecule has 0 saturated heterocycles. The molecule has 138 valence electrons. The van der Waals surface area contributed by atoms with Crippen molar-refractivity contribution in [1.82, 2.24) is 14.5 Å². The van der Waals surface area contributed by atoms with Gasteiger partial charge in [0.2, 0.25) is 0 Å². The number of hydrogen-bond acceptors (Lipinski definition) is 4. The molecule has 7 heteroatoms. The first-order valence-corrected chi connectivity index (χ1v) is 9.78. The van der Waals surface area contributed by atoms with E-state index in [0.717, 1.165) is 39.0 Å². The molecule has 6 nitrogen and oxygen atoms in total. The standard InChI is InChI=1S/C20H18BrN3O3/c1-12-15-4-5-18-19(27-9-8-26-18)16(15)6-7-23(12)20(25)17-10-14-3-2-13(21)11-24(14)22-17/h2-5,10-12H,6-9H2,1H3. The van der Waals surface area contributed by atoms with Crippen LogP contribution in [0.3, 0.4) is 0 Å². The molecule has 0 saturated carbocycles. The zero-order chi connectivity index (χ0) is 18.5. The number of carbonyl (C=O) groups excluding carboxylic acids is 1. The van der Waals surface area contributed by atoms with E-state index in [1.807, 2.05) is 41.4 Å². The topological polar surface area (TPSA) is 56.1 Å². The molecule has 0 spiro atoms. The summed E-state index contributed by atoms with van der Waals surface area (Å²) in [6.07, 6.45) is 2.60. The first-order valence-electron chi connectivity index (χ1n) is 8.99. The predicted octanol–water partition coefficient (Wildman–Crippen LogP) is 3.63. The van der Waals surface area contributed by atoms with Gasteiger partial charge in [-0.2, -0.15) is 5.10 Å². The van der Waals surface area contributed by atoms with Gasteiger partial charge in [-0.1, -0.05) is 6.07 Å². The molecule has 5 rings (SSSR count). The Hall–Kier alpha value is -2.54. The van der Waals surface area contributed by atoms with Gasteiger partial charge in [-0.15, -0.1) is 0 Å². The van der Waals surface area contributed by atoms with Crippen molar-refractivity contribution >= 4 is 27.4 Å². The van der Waals surface area contributed by atoms with E-state index in [2.05, 4.69) is 28.0 Å². The Kier molecular flexibility index (Phi) is 3.86. The van der Waals surface area contributed by atoms with E-state index in [4.69, 9.17) is 9.47 Å². The van der Waals surface area contributed by atoms with Gasteiger partial charge in [0, 0.05) is 22.8 Å². The minimum absolute atomic E-state index is 0.0476. The van der Waals surface area contributed by atoms with Crippen LogP contribution in [0.25, 0.3) is 5.52 Å². The Balaban J connectivity index is 1.48. The van der Waals surface area contributed by atoms with Crippen molar-refractivity contribution in [3.05, 3.63) is 57.8 Å². The number of pyridine rings is 1. The van der Waals surface area contributed by atoms with Crippen molar-refractivity contribution in [1.29, 1.82) is 0 Å². The van der Waals surface area contributed by atoms with E-state index >= 15 is 0 Å². The van der Waals surface area contributed by atoms with Crippen LogP contribution in [0.4, 0.5) is 0 Å². The number of carbonyl (C=O) groups is 1. The highest BCUT2D eigenvalue weighted by Crippen LogP contribution is 2.42. The van der Waals surface area contributed by atoms with E-state index in [0.29, 0.717) is 25.5 Å². The SMILES string of the molecule is CC1c2ccc3c(c2CCN1C(=O)c1cc2ccc(Br)cn2n1)OCCO3. The van der Waals surface area contributed by atoms with Crippen molar-refractivity contribution in [2.24, 2.45) is 0 Å². The van der Waals surface area contributed by atoms with Gasteiger partial charge in [-0.3, -0.25) is 4.79 Å². The van der Waals surface area contributed by atoms with E-state index in [1.54, 1.807) is 4.52 Å². The molecule has 0 aliphatic carbocycles. The summed E-state index contributed by atoms with van der Waals surface area (Å²) in [6.45, 7) is 3.83. The summed E-state index contributed by atoms with van der Waals surface area (Å²) in [5, 5.41) is 4.46. The van der Waals surface area contributed by atoms with E-state index < -0.39 is 0 Å². The molecule has 3 aromatic rings. The number of nitrogens with zero attached hydrogens (tertiary/aromatic N) is 3. The van der Waals surface area contributed by atoms with Crippen molar-refractivity contribution in [3.8, 4) is 11.5 Å². The molecule has 1 atom stereocenters. The highest BCUT2D eigenvalue weighted by Gasteiger charge is 2.33. The third-order valence-electron chi connectivity index (χ3n) is 5.27. The van der Waals surface area contributed by atoms with Gasteiger partial charge >= 0.3 is 0 Å². The Morgan fingerprint density at radius 3 is 2.96 bits per heavy atom. The first kappa shape index (κ1) is 16.6. The zero-order valence-electron chi connectivity index (χ0n) is 14.8. The normalized spacial score (nSPS) is 18.4. The fraction of sp³-hybridized carbons (Fsp3) is 0.300. The van der Waals surface area contributed by atoms with Gasteiger partial charge in [-0.25, -0.2) is 4.52 Å². The third-order valence-corrected chi connectivity index (χ3v) is 5.74. The molecule has 27 heavy (non-hydrogen) atoms. The lowest BCUT2D eigenvalue weighted by Crippen LogP contribution is -2.39. The van der Waals surface area contributed by atoms with E-state index in [9.17, 15) is 4.79 Å². The van der Waals surface area contributed by atoms with Crippen molar-refractivity contribution in [2.75, 3.05) is 19.8 Å². The molecule has 1 unspecified atom stereocenters. The van der Waals surface area contributed by atoms with Crippen LogP contribution in [0.2, 0.25) is 0 Å². The van der Waals surface area contributed by atoms with Crippen LogP contribution in [0.1, 0.15) is 34.6 Å². The van der Waals surface area contributed by atoms with Gasteiger partial charge in [0.15, 0.2) is 17.2 Å². The molecule has 0 N–H and O–H groups in total. The number of aromatic nitrogens is 2. The fourth-order valence-electron chi connectivity index (χ4n) is 3.92. The average molecular weight is 428 g/mol. The molecule has 2 aliphatic heterocycles. The predicted molar refractivity (Wildman–Crippen MR) is 103 cm³/mol. The minimum Gasteiger partial charge on any atom is -0.486 e. The molecule has 0 bridgehead atoms. The summed E-state index contributed by atoms with van der Waals surface area (Å²) < 4.78 is 14.2. The summed E-state index contributed by atoms with van der Waals surface area (Å²) in [5.41, 5.74) is 3.63. The van der Waals surface area contributed by atoms with Crippen LogP contribution >= 0.6 is 15.9 Å². The highest BCUT2D eigenvalue weighted by atomic mass is 79.9. The van der Waals surface area contributed by atoms with Gasteiger partial charge in [0.25, 0.3) is 5.91 Å². The van der Waals surface area contributed by atoms with Crippen LogP contribution in [-0.2, 0) is 6.42 Å². The number of rotatable bonds is 1. The Morgan fingerprint density at radius 1 is 1.22 bits per heavy atom. The summed E-state index contributed by atoms with van der Waals surface area (Å²) >= 11 is 3.43. The molecule has 2 aliphatic rings. The van der Waals surface area contributed by atoms with Crippen molar-refractivity contribution in [2.45, 2.75) is 19.4 Å². The Labute approximate surface area is 164 Å². The first-order chi connectivity index (χ1) is 13.1. The second-order valence-electron chi connectivity index (χ2n) is 6.83. The van der Waals surface area contributed by atoms with Gasteiger partial charge < -0.3 is 14.4 Å². The lowest BCUT2D eigenvalue weighted by atomic mass is 9.92. The van der Waals surface area contributed by atoms with Gasteiger partial charge in [0.1, 0.15) is 13.2 Å². The third kappa shape index (κ3) is 2.68. The number of ether oxygens (including phenoxy) is 2. The molecular weight excluding hydrogens is 410 g/mol. The lowest BCUT2D eigenvalue weighted by Gasteiger charge is -2.36. The van der Waals surface area contributed by atoms with E-state index in [-0.39, 0.29) is 11.9 Å². The highest BCUT2D eigenvalue weighted by molar-refractivity contribution is 9.10. The van der Waals surface area contributed by atoms with Crippen LogP contribution in [0.5, 0.6) is 11.5 Å². The number of halogens is 1. The van der Waals surface area contributed by atoms with Gasteiger partial charge in [0.05, 0.1) is 11.6 Å². The summed E-state index contributed by atoms with van der Waals surface area (Å²) in [7, 11) is 0. The van der Waals surface area contributed by atoms with Crippen LogP contribution in [-0.4, -0.2) is 40.2 Å². The molecule has 4 heterocycles. The average Bonchev–Trinajstić information content (AvgIpc) is 3.11. The monoisotopic (exact) mass is 427 g/mol. The molecule has 2 aromatic heterocycles. The van der Waals surface area contributed by atoms with Crippen LogP contribution in [0, 0.1) is 0 Å². The van der Waals surface area contributed by atoms with Crippen molar-refractivity contribution < 1.29 is 14.3 Å². The second-order valence-corrected chi connectivity index (χ2v) is 7.74. The number of amides is 1. The Bertz CT molecular complexity index is 1060. The molecule has 0 fully saturated rings. The minimum atomic E-state index is -0.0529. The summed E-state index contributed by atoms with van der Waals surface area (Å²) in [6, 6.07) is 9.66. The molecule has 1 aromatic carbocycles. The largest absolute Gasteiger partial charge is 0.486 e. The Morgan fingerprint density at radius 2 is 2.07 bits per heavy atom. The van der Waals surface area contributed by atoms with Crippen molar-refractivity contribution in [3.63, 3.8) is 0 Å². The van der Waals surface area contributed by atoms with E-state index in [1.165, 1.54) is 0 Å². The van der Waals surface area contributed by atoms with Gasteiger partial charge in [-0.05, 0) is 59.1 Å². The number of fused-ring (bicyclic) bond motifs is 4. The summed E-state index contributed by atoms with van der Waals surface area (Å²) in [4.78, 5) is 15.0. The molecule has 0 radical (unpaired) electrons.